The molecule has 0 aliphatic heterocycles. The Bertz CT molecular complexity index is 276. The molecule has 0 saturated carbocycles. The minimum Gasteiger partial charge on any atom is -0.396 e. The molecule has 0 radical (unpaired) electrons. The van der Waals surface area contributed by atoms with Gasteiger partial charge in [-0.15, -0.1) is 0 Å². The maximum absolute atomic E-state index is 13.1. The van der Waals surface area contributed by atoms with Crippen LogP contribution in [-0.2, 0) is 6.42 Å². The third kappa shape index (κ3) is 2.78. The molecular formula is C10H12BrFO. The van der Waals surface area contributed by atoms with E-state index in [-0.39, 0.29) is 12.4 Å². The lowest BCUT2D eigenvalue weighted by molar-refractivity contribution is 0.288. The van der Waals surface area contributed by atoms with Crippen LogP contribution in [-0.4, -0.2) is 11.7 Å². The average molecular weight is 247 g/mol. The average Bonchev–Trinajstić information content (AvgIpc) is 2.10. The van der Waals surface area contributed by atoms with Crippen LogP contribution in [0, 0.1) is 12.7 Å². The Hall–Kier alpha value is -0.410. The van der Waals surface area contributed by atoms with Crippen molar-refractivity contribution in [3.05, 3.63) is 33.5 Å². The standard InChI is InChI=1S/C10H12BrFO/c1-7-5-8(3-2-4-13)6-9(11)10(7)12/h5-6,13H,2-4H2,1H3. The molecule has 0 unspecified atom stereocenters. The van der Waals surface area contributed by atoms with E-state index in [0.29, 0.717) is 10.0 Å². The van der Waals surface area contributed by atoms with E-state index >= 15 is 0 Å². The summed E-state index contributed by atoms with van der Waals surface area (Å²) in [5.74, 6) is -0.201. The Morgan fingerprint density at radius 2 is 2.15 bits per heavy atom. The molecule has 0 spiro atoms. The van der Waals surface area contributed by atoms with Gasteiger partial charge in [0.1, 0.15) is 5.82 Å². The van der Waals surface area contributed by atoms with Crippen LogP contribution < -0.4 is 0 Å². The van der Waals surface area contributed by atoms with Gasteiger partial charge in [-0.3, -0.25) is 0 Å². The molecule has 1 rings (SSSR count). The summed E-state index contributed by atoms with van der Waals surface area (Å²) in [5, 5.41) is 8.63. The highest BCUT2D eigenvalue weighted by Gasteiger charge is 2.04. The lowest BCUT2D eigenvalue weighted by atomic mass is 10.1. The third-order valence-corrected chi connectivity index (χ3v) is 2.47. The van der Waals surface area contributed by atoms with E-state index in [2.05, 4.69) is 15.9 Å². The second-order valence-corrected chi connectivity index (χ2v) is 3.89. The normalized spacial score (nSPS) is 10.5. The second-order valence-electron chi connectivity index (χ2n) is 3.04. The van der Waals surface area contributed by atoms with E-state index in [1.54, 1.807) is 13.0 Å². The quantitative estimate of drug-likeness (QED) is 0.870. The molecule has 0 heterocycles. The Balaban J connectivity index is 2.86. The summed E-state index contributed by atoms with van der Waals surface area (Å²) in [6.45, 7) is 1.91. The first kappa shape index (κ1) is 10.7. The molecule has 1 aromatic carbocycles. The molecule has 0 saturated heterocycles. The van der Waals surface area contributed by atoms with Crippen LogP contribution in [0.4, 0.5) is 4.39 Å². The van der Waals surface area contributed by atoms with Gasteiger partial charge in [-0.05, 0) is 52.9 Å². The van der Waals surface area contributed by atoms with Gasteiger partial charge in [0.2, 0.25) is 0 Å². The molecule has 0 bridgehead atoms. The van der Waals surface area contributed by atoms with Crippen molar-refractivity contribution in [3.63, 3.8) is 0 Å². The Kier molecular flexibility index (Phi) is 3.88. The Morgan fingerprint density at radius 1 is 1.46 bits per heavy atom. The predicted molar refractivity (Wildman–Crippen MR) is 54.2 cm³/mol. The highest BCUT2D eigenvalue weighted by atomic mass is 79.9. The SMILES string of the molecule is Cc1cc(CCCO)cc(Br)c1F. The van der Waals surface area contributed by atoms with E-state index < -0.39 is 0 Å². The number of hydrogen-bond donors (Lipinski definition) is 1. The van der Waals surface area contributed by atoms with Crippen molar-refractivity contribution in [1.82, 2.24) is 0 Å². The Morgan fingerprint density at radius 3 is 2.69 bits per heavy atom. The summed E-state index contributed by atoms with van der Waals surface area (Å²) in [4.78, 5) is 0. The predicted octanol–water partition coefficient (Wildman–Crippen LogP) is 2.82. The number of rotatable bonds is 3. The summed E-state index contributed by atoms with van der Waals surface area (Å²) >= 11 is 3.15. The highest BCUT2D eigenvalue weighted by molar-refractivity contribution is 9.10. The van der Waals surface area contributed by atoms with E-state index in [9.17, 15) is 4.39 Å². The fourth-order valence-corrected chi connectivity index (χ4v) is 1.83. The Labute approximate surface area is 85.7 Å². The van der Waals surface area contributed by atoms with Crippen LogP contribution in [0.1, 0.15) is 17.5 Å². The van der Waals surface area contributed by atoms with Crippen molar-refractivity contribution < 1.29 is 9.50 Å². The van der Waals surface area contributed by atoms with Crippen molar-refractivity contribution in [1.29, 1.82) is 0 Å². The minimum atomic E-state index is -0.201. The van der Waals surface area contributed by atoms with E-state index in [4.69, 9.17) is 5.11 Å². The number of aliphatic hydroxyl groups excluding tert-OH is 1. The van der Waals surface area contributed by atoms with Crippen LogP contribution >= 0.6 is 15.9 Å². The number of hydrogen-bond acceptors (Lipinski definition) is 1. The maximum Gasteiger partial charge on any atom is 0.140 e. The van der Waals surface area contributed by atoms with Crippen LogP contribution in [0.5, 0.6) is 0 Å². The van der Waals surface area contributed by atoms with E-state index in [0.717, 1.165) is 18.4 Å². The van der Waals surface area contributed by atoms with Crippen LogP contribution in [0.2, 0.25) is 0 Å². The number of aryl methyl sites for hydroxylation is 2. The van der Waals surface area contributed by atoms with Gasteiger partial charge >= 0.3 is 0 Å². The summed E-state index contributed by atoms with van der Waals surface area (Å²) in [6, 6.07) is 3.58. The van der Waals surface area contributed by atoms with Gasteiger partial charge in [0.15, 0.2) is 0 Å². The molecule has 1 nitrogen and oxygen atoms in total. The van der Waals surface area contributed by atoms with Gasteiger partial charge in [0.25, 0.3) is 0 Å². The highest BCUT2D eigenvalue weighted by Crippen LogP contribution is 2.21. The molecule has 3 heteroatoms. The summed E-state index contributed by atoms with van der Waals surface area (Å²) in [5.41, 5.74) is 1.70. The second kappa shape index (κ2) is 4.72. The van der Waals surface area contributed by atoms with Crippen LogP contribution in [0.15, 0.2) is 16.6 Å². The first-order valence-electron chi connectivity index (χ1n) is 4.20. The zero-order valence-corrected chi connectivity index (χ0v) is 9.07. The molecule has 0 amide bonds. The molecule has 0 aliphatic carbocycles. The fraction of sp³-hybridized carbons (Fsp3) is 0.400. The van der Waals surface area contributed by atoms with Crippen molar-refractivity contribution in [3.8, 4) is 0 Å². The van der Waals surface area contributed by atoms with Gasteiger partial charge in [-0.1, -0.05) is 6.07 Å². The summed E-state index contributed by atoms with van der Waals surface area (Å²) in [7, 11) is 0. The molecule has 13 heavy (non-hydrogen) atoms. The smallest absolute Gasteiger partial charge is 0.140 e. The zero-order valence-electron chi connectivity index (χ0n) is 7.48. The van der Waals surface area contributed by atoms with Crippen molar-refractivity contribution in [2.75, 3.05) is 6.61 Å². The monoisotopic (exact) mass is 246 g/mol. The van der Waals surface area contributed by atoms with Gasteiger partial charge < -0.3 is 5.11 Å². The molecule has 0 aromatic heterocycles. The lowest BCUT2D eigenvalue weighted by Gasteiger charge is -2.04. The van der Waals surface area contributed by atoms with Crippen molar-refractivity contribution in [2.45, 2.75) is 19.8 Å². The summed E-state index contributed by atoms with van der Waals surface area (Å²) in [6.07, 6.45) is 1.51. The maximum atomic E-state index is 13.1. The van der Waals surface area contributed by atoms with Crippen LogP contribution in [0.25, 0.3) is 0 Å². The fourth-order valence-electron chi connectivity index (χ4n) is 1.23. The number of aliphatic hydroxyl groups is 1. The summed E-state index contributed by atoms with van der Waals surface area (Å²) < 4.78 is 13.6. The largest absolute Gasteiger partial charge is 0.396 e. The van der Waals surface area contributed by atoms with Gasteiger partial charge in [0, 0.05) is 6.61 Å². The first-order chi connectivity index (χ1) is 6.15. The minimum absolute atomic E-state index is 0.175. The third-order valence-electron chi connectivity index (χ3n) is 1.89. The lowest BCUT2D eigenvalue weighted by Crippen LogP contribution is -1.93. The molecule has 0 aliphatic rings. The van der Waals surface area contributed by atoms with Gasteiger partial charge in [-0.25, -0.2) is 4.39 Å². The first-order valence-corrected chi connectivity index (χ1v) is 5.00. The van der Waals surface area contributed by atoms with E-state index in [1.165, 1.54) is 0 Å². The molecule has 1 aromatic rings. The van der Waals surface area contributed by atoms with Crippen molar-refractivity contribution in [2.24, 2.45) is 0 Å². The molecule has 1 N–H and O–H groups in total. The van der Waals surface area contributed by atoms with Crippen LogP contribution in [0.3, 0.4) is 0 Å². The van der Waals surface area contributed by atoms with E-state index in [1.807, 2.05) is 6.07 Å². The van der Waals surface area contributed by atoms with Gasteiger partial charge in [-0.2, -0.15) is 0 Å². The topological polar surface area (TPSA) is 20.2 Å². The molecule has 0 fully saturated rings. The number of benzene rings is 1. The molecule has 72 valence electrons. The van der Waals surface area contributed by atoms with Gasteiger partial charge in [0.05, 0.1) is 4.47 Å². The zero-order chi connectivity index (χ0) is 9.84. The number of halogens is 2. The van der Waals surface area contributed by atoms with Crippen molar-refractivity contribution >= 4 is 15.9 Å². The molecule has 0 atom stereocenters. The molecular weight excluding hydrogens is 235 g/mol.